The van der Waals surface area contributed by atoms with E-state index in [1.807, 2.05) is 37.5 Å². The van der Waals surface area contributed by atoms with Crippen molar-refractivity contribution in [1.82, 2.24) is 4.57 Å². The molecule has 1 aromatic carbocycles. The predicted molar refractivity (Wildman–Crippen MR) is 54.3 cm³/mol. The lowest BCUT2D eigenvalue weighted by Gasteiger charge is -2.00. The van der Waals surface area contributed by atoms with Gasteiger partial charge in [-0.2, -0.15) is 0 Å². The van der Waals surface area contributed by atoms with Gasteiger partial charge in [0.25, 0.3) is 0 Å². The molecule has 0 aliphatic heterocycles. The van der Waals surface area contributed by atoms with Crippen LogP contribution in [0.25, 0.3) is 10.8 Å². The topological polar surface area (TPSA) is 31.2 Å². The van der Waals surface area contributed by atoms with Crippen LogP contribution in [0.2, 0.25) is 0 Å². The van der Waals surface area contributed by atoms with Crippen LogP contribution in [0.1, 0.15) is 10.5 Å². The molecule has 0 saturated carbocycles. The highest BCUT2D eigenvalue weighted by Gasteiger charge is 2.14. The van der Waals surface area contributed by atoms with Crippen LogP contribution in [-0.4, -0.2) is 17.6 Å². The number of rotatable bonds is 1. The van der Waals surface area contributed by atoms with Gasteiger partial charge in [-0.05, 0) is 0 Å². The van der Waals surface area contributed by atoms with Crippen molar-refractivity contribution >= 4 is 16.7 Å². The zero-order chi connectivity index (χ0) is 10.1. The summed E-state index contributed by atoms with van der Waals surface area (Å²) < 4.78 is 6.51. The fraction of sp³-hybridized carbons (Fsp3) is 0.182. The number of aromatic nitrogens is 1. The van der Waals surface area contributed by atoms with Crippen molar-refractivity contribution in [1.29, 1.82) is 0 Å². The van der Waals surface area contributed by atoms with Crippen molar-refractivity contribution in [3.05, 3.63) is 36.2 Å². The van der Waals surface area contributed by atoms with Gasteiger partial charge in [0.15, 0.2) is 0 Å². The summed E-state index contributed by atoms with van der Waals surface area (Å²) in [6.07, 6.45) is 1.92. The second-order valence-corrected chi connectivity index (χ2v) is 3.17. The van der Waals surface area contributed by atoms with Gasteiger partial charge in [-0.3, -0.25) is 0 Å². The van der Waals surface area contributed by atoms with Gasteiger partial charge in [-0.25, -0.2) is 4.79 Å². The van der Waals surface area contributed by atoms with Crippen LogP contribution in [0, 0.1) is 0 Å². The third-order valence-electron chi connectivity index (χ3n) is 2.28. The molecule has 0 N–H and O–H groups in total. The fourth-order valence-electron chi connectivity index (χ4n) is 1.64. The molecule has 0 atom stereocenters. The Morgan fingerprint density at radius 3 is 2.79 bits per heavy atom. The minimum absolute atomic E-state index is 0.297. The van der Waals surface area contributed by atoms with Crippen LogP contribution in [0.3, 0.4) is 0 Å². The SMILES string of the molecule is COC(=O)c1c2ccccc2cn1C. The molecule has 72 valence electrons. The highest BCUT2D eigenvalue weighted by molar-refractivity contribution is 6.03. The number of carbonyl (C=O) groups is 1. The molecule has 0 amide bonds. The minimum atomic E-state index is -0.297. The summed E-state index contributed by atoms with van der Waals surface area (Å²) in [7, 11) is 3.23. The van der Waals surface area contributed by atoms with E-state index in [1.165, 1.54) is 7.11 Å². The first-order valence-corrected chi connectivity index (χ1v) is 4.36. The van der Waals surface area contributed by atoms with Gasteiger partial charge in [-0.15, -0.1) is 0 Å². The summed E-state index contributed by atoms with van der Waals surface area (Å²) in [6.45, 7) is 0. The Morgan fingerprint density at radius 1 is 1.36 bits per heavy atom. The Bertz CT molecular complexity index is 485. The quantitative estimate of drug-likeness (QED) is 0.642. The monoisotopic (exact) mass is 189 g/mol. The van der Waals surface area contributed by atoms with E-state index in [4.69, 9.17) is 4.74 Å². The number of ether oxygens (including phenoxy) is 1. The molecule has 0 bridgehead atoms. The molecule has 0 fully saturated rings. The smallest absolute Gasteiger partial charge is 0.355 e. The highest BCUT2D eigenvalue weighted by Crippen LogP contribution is 2.20. The lowest BCUT2D eigenvalue weighted by atomic mass is 10.2. The number of hydrogen-bond donors (Lipinski definition) is 0. The largest absolute Gasteiger partial charge is 0.464 e. The first-order valence-electron chi connectivity index (χ1n) is 4.36. The molecule has 3 nitrogen and oxygen atoms in total. The summed E-state index contributed by atoms with van der Waals surface area (Å²) in [6, 6.07) is 7.75. The van der Waals surface area contributed by atoms with E-state index < -0.39 is 0 Å². The molecule has 14 heavy (non-hydrogen) atoms. The summed E-state index contributed by atoms with van der Waals surface area (Å²) in [5, 5.41) is 1.98. The number of methoxy groups -OCH3 is 1. The van der Waals surface area contributed by atoms with E-state index in [2.05, 4.69) is 0 Å². The van der Waals surface area contributed by atoms with E-state index >= 15 is 0 Å². The van der Waals surface area contributed by atoms with Crippen molar-refractivity contribution < 1.29 is 9.53 Å². The van der Waals surface area contributed by atoms with Crippen molar-refractivity contribution in [2.24, 2.45) is 7.05 Å². The maximum atomic E-state index is 11.5. The maximum absolute atomic E-state index is 11.5. The summed E-state index contributed by atoms with van der Waals surface area (Å²) in [4.78, 5) is 11.5. The van der Waals surface area contributed by atoms with Gasteiger partial charge in [0, 0.05) is 24.0 Å². The number of benzene rings is 1. The van der Waals surface area contributed by atoms with Gasteiger partial charge >= 0.3 is 5.97 Å². The zero-order valence-corrected chi connectivity index (χ0v) is 8.15. The summed E-state index contributed by atoms with van der Waals surface area (Å²) >= 11 is 0. The van der Waals surface area contributed by atoms with Gasteiger partial charge in [0.2, 0.25) is 0 Å². The van der Waals surface area contributed by atoms with E-state index in [9.17, 15) is 4.79 Å². The molecule has 0 spiro atoms. The minimum Gasteiger partial charge on any atom is -0.464 e. The van der Waals surface area contributed by atoms with E-state index in [0.29, 0.717) is 5.69 Å². The van der Waals surface area contributed by atoms with E-state index in [1.54, 1.807) is 4.57 Å². The number of hydrogen-bond acceptors (Lipinski definition) is 2. The Labute approximate surface area is 81.9 Å². The van der Waals surface area contributed by atoms with E-state index in [0.717, 1.165) is 10.8 Å². The Kier molecular flexibility index (Phi) is 2.00. The second kappa shape index (κ2) is 3.18. The molecule has 0 saturated heterocycles. The highest BCUT2D eigenvalue weighted by atomic mass is 16.5. The molecular formula is C11H11NO2. The van der Waals surface area contributed by atoms with Crippen molar-refractivity contribution in [3.63, 3.8) is 0 Å². The Morgan fingerprint density at radius 2 is 2.07 bits per heavy atom. The first kappa shape index (κ1) is 8.81. The van der Waals surface area contributed by atoms with Crippen LogP contribution in [0.5, 0.6) is 0 Å². The molecule has 2 rings (SSSR count). The van der Waals surface area contributed by atoms with Crippen LogP contribution in [0.15, 0.2) is 30.5 Å². The molecule has 1 heterocycles. The third kappa shape index (κ3) is 1.18. The summed E-state index contributed by atoms with van der Waals surface area (Å²) in [5.74, 6) is -0.297. The van der Waals surface area contributed by atoms with Crippen molar-refractivity contribution in [2.45, 2.75) is 0 Å². The molecule has 3 heteroatoms. The van der Waals surface area contributed by atoms with Gasteiger partial charge in [-0.1, -0.05) is 24.3 Å². The first-order chi connectivity index (χ1) is 6.74. The standard InChI is InChI=1S/C11H11NO2/c1-12-7-8-5-3-4-6-9(8)10(12)11(13)14-2/h3-7H,1-2H3. The lowest BCUT2D eigenvalue weighted by Crippen LogP contribution is -2.07. The van der Waals surface area contributed by atoms with Crippen LogP contribution >= 0.6 is 0 Å². The van der Waals surface area contributed by atoms with Crippen molar-refractivity contribution in [2.75, 3.05) is 7.11 Å². The molecule has 1 aromatic heterocycles. The second-order valence-electron chi connectivity index (χ2n) is 3.17. The number of carbonyl (C=O) groups excluding carboxylic acids is 1. The number of fused-ring (bicyclic) bond motifs is 1. The predicted octanol–water partition coefficient (Wildman–Crippen LogP) is 1.96. The normalized spacial score (nSPS) is 10.4. The molecule has 0 unspecified atom stereocenters. The third-order valence-corrected chi connectivity index (χ3v) is 2.28. The average molecular weight is 189 g/mol. The van der Waals surface area contributed by atoms with Crippen LogP contribution < -0.4 is 0 Å². The Balaban J connectivity index is 2.74. The molecular weight excluding hydrogens is 178 g/mol. The lowest BCUT2D eigenvalue weighted by molar-refractivity contribution is 0.0592. The van der Waals surface area contributed by atoms with Crippen molar-refractivity contribution in [3.8, 4) is 0 Å². The number of nitrogens with zero attached hydrogens (tertiary/aromatic N) is 1. The number of aryl methyl sites for hydroxylation is 1. The molecule has 0 aliphatic carbocycles. The molecule has 2 aromatic rings. The maximum Gasteiger partial charge on any atom is 0.355 e. The van der Waals surface area contributed by atoms with Crippen LogP contribution in [-0.2, 0) is 11.8 Å². The van der Waals surface area contributed by atoms with Gasteiger partial charge in [0.1, 0.15) is 5.69 Å². The van der Waals surface area contributed by atoms with Gasteiger partial charge in [0.05, 0.1) is 7.11 Å². The number of esters is 1. The van der Waals surface area contributed by atoms with E-state index in [-0.39, 0.29) is 5.97 Å². The average Bonchev–Trinajstić information content (AvgIpc) is 2.53. The van der Waals surface area contributed by atoms with Gasteiger partial charge < -0.3 is 9.30 Å². The summed E-state index contributed by atoms with van der Waals surface area (Å²) in [5.41, 5.74) is 0.600. The fourth-order valence-corrected chi connectivity index (χ4v) is 1.64. The molecule has 0 aliphatic rings. The zero-order valence-electron chi connectivity index (χ0n) is 8.15. The Hall–Kier alpha value is -1.77. The van der Waals surface area contributed by atoms with Crippen LogP contribution in [0.4, 0.5) is 0 Å². The molecule has 0 radical (unpaired) electrons.